The van der Waals surface area contributed by atoms with Crippen molar-refractivity contribution in [1.82, 2.24) is 25.0 Å². The minimum atomic E-state index is -2.46. The molecule has 254 valence electrons. The lowest BCUT2D eigenvalue weighted by atomic mass is 9.73. The van der Waals surface area contributed by atoms with Gasteiger partial charge in [-0.2, -0.15) is 5.26 Å². The molecule has 5 heterocycles. The molecule has 11 heteroatoms. The summed E-state index contributed by atoms with van der Waals surface area (Å²) >= 11 is 0. The number of carbonyl (C=O) groups is 2. The van der Waals surface area contributed by atoms with Crippen LogP contribution in [-0.4, -0.2) is 101 Å². The molecule has 0 aliphatic carbocycles. The number of likely N-dealkylation sites (tertiary alicyclic amines) is 2. The third kappa shape index (κ3) is 7.18. The molecule has 0 saturated carbocycles. The number of hydrogen-bond donors (Lipinski definition) is 1. The van der Waals surface area contributed by atoms with Crippen molar-refractivity contribution in [3.05, 3.63) is 28.6 Å². The number of carbonyl (C=O) groups excluding carboxylic acids is 2. The normalized spacial score (nSPS) is 24.6. The van der Waals surface area contributed by atoms with Crippen molar-refractivity contribution in [2.24, 2.45) is 11.8 Å². The van der Waals surface area contributed by atoms with Crippen LogP contribution in [0.2, 0.25) is 0 Å². The number of halogens is 2. The van der Waals surface area contributed by atoms with E-state index in [0.717, 1.165) is 89.5 Å². The predicted octanol–water partition coefficient (Wildman–Crippen LogP) is 5.68. The number of pyridine rings is 1. The van der Waals surface area contributed by atoms with Crippen LogP contribution in [0.3, 0.4) is 0 Å². The number of hydrogen-bond acceptors (Lipinski definition) is 7. The third-order valence-electron chi connectivity index (χ3n) is 11.6. The van der Waals surface area contributed by atoms with Crippen LogP contribution in [0, 0.1) is 37.0 Å². The van der Waals surface area contributed by atoms with E-state index >= 15 is 0 Å². The molecule has 0 radical (unpaired) electrons. The zero-order chi connectivity index (χ0) is 33.1. The van der Waals surface area contributed by atoms with Gasteiger partial charge in [-0.05, 0) is 83.5 Å². The lowest BCUT2D eigenvalue weighted by molar-refractivity contribution is -0.143. The number of alkyl halides is 2. The summed E-state index contributed by atoms with van der Waals surface area (Å²) in [4.78, 5) is 37.6. The molecule has 9 nitrogen and oxygen atoms in total. The molecule has 1 aromatic heterocycles. The molecule has 4 fully saturated rings. The number of nitriles is 1. The van der Waals surface area contributed by atoms with E-state index in [0.29, 0.717) is 36.6 Å². The van der Waals surface area contributed by atoms with E-state index in [-0.39, 0.29) is 29.7 Å². The second kappa shape index (κ2) is 14.5. The lowest BCUT2D eigenvalue weighted by Gasteiger charge is -2.56. The van der Waals surface area contributed by atoms with E-state index in [1.54, 1.807) is 17.9 Å². The van der Waals surface area contributed by atoms with Gasteiger partial charge in [0.25, 0.3) is 5.91 Å². The minimum Gasteiger partial charge on any atom is -0.442 e. The lowest BCUT2D eigenvalue weighted by Crippen LogP contribution is -2.65. The van der Waals surface area contributed by atoms with E-state index in [4.69, 9.17) is 4.74 Å². The van der Waals surface area contributed by atoms with Gasteiger partial charge in [-0.25, -0.2) is 18.6 Å². The first kappa shape index (κ1) is 34.5. The Bertz CT molecular complexity index is 1260. The molecule has 2 unspecified atom stereocenters. The monoisotopic (exact) mass is 642 g/mol. The topological polar surface area (TPSA) is 102 Å². The highest BCUT2D eigenvalue weighted by Crippen LogP contribution is 2.45. The Morgan fingerprint density at radius 1 is 1.15 bits per heavy atom. The average molecular weight is 643 g/mol. The first-order valence-corrected chi connectivity index (χ1v) is 17.4. The molecule has 0 bridgehead atoms. The Morgan fingerprint density at radius 3 is 2.41 bits per heavy atom. The number of unbranched alkanes of at least 4 members (excludes halogenated alkanes) is 1. The fourth-order valence-electron chi connectivity index (χ4n) is 8.67. The van der Waals surface area contributed by atoms with Crippen LogP contribution in [0.4, 0.5) is 13.6 Å². The Kier molecular flexibility index (Phi) is 10.9. The highest BCUT2D eigenvalue weighted by Gasteiger charge is 2.53. The Hall–Kier alpha value is -2.84. The molecule has 2 amide bonds. The maximum Gasteiger partial charge on any atom is 0.410 e. The molecule has 1 spiro atoms. The van der Waals surface area contributed by atoms with E-state index in [1.807, 2.05) is 11.8 Å². The fourth-order valence-corrected chi connectivity index (χ4v) is 8.67. The summed E-state index contributed by atoms with van der Waals surface area (Å²) in [6.07, 6.45) is 4.56. The fraction of sp³-hybridized carbons (Fsp3) is 0.771. The van der Waals surface area contributed by atoms with Gasteiger partial charge < -0.3 is 19.9 Å². The summed E-state index contributed by atoms with van der Waals surface area (Å²) in [7, 11) is 0. The number of rotatable bonds is 9. The minimum absolute atomic E-state index is 0.0290. The number of nitrogens with one attached hydrogen (secondary N) is 1. The van der Waals surface area contributed by atoms with Gasteiger partial charge in [-0.3, -0.25) is 9.69 Å². The van der Waals surface area contributed by atoms with Crippen LogP contribution < -0.4 is 5.32 Å². The van der Waals surface area contributed by atoms with Gasteiger partial charge in [0.2, 0.25) is 6.43 Å². The molecule has 4 saturated heterocycles. The summed E-state index contributed by atoms with van der Waals surface area (Å²) in [5.74, 6) is 0.150. The molecule has 46 heavy (non-hydrogen) atoms. The quantitative estimate of drug-likeness (QED) is 0.370. The van der Waals surface area contributed by atoms with Crippen LogP contribution in [0.15, 0.2) is 6.07 Å². The standard InChI is InChI=1S/C35H52F2N6O3/c1-5-6-7-27-23-43(29(21-30(36)37)26-8-14-39-15-9-26)33(45)46-35(27)12-18-42(19-13-35)34(4)10-16-41(17-11-34)32(44)31-24(2)20-28(22-38)40-25(31)3/h20,26-27,29-30,39H,5-19,21,23H2,1-4H3. The SMILES string of the molecule is CCCCC1CN(C(CC(F)F)C2CCNCC2)C(=O)OC12CCN(C1(C)CCN(C(=O)c3c(C)cc(C#N)nc3C)CC1)CC2. The number of ether oxygens (including phenoxy) is 1. The maximum atomic E-state index is 13.8. The molecule has 1 aromatic rings. The first-order chi connectivity index (χ1) is 22.0. The van der Waals surface area contributed by atoms with Crippen LogP contribution in [-0.2, 0) is 4.74 Å². The summed E-state index contributed by atoms with van der Waals surface area (Å²) in [5.41, 5.74) is 1.64. The third-order valence-corrected chi connectivity index (χ3v) is 11.6. The second-order valence-corrected chi connectivity index (χ2v) is 14.4. The summed E-state index contributed by atoms with van der Waals surface area (Å²) in [6.45, 7) is 13.1. The van der Waals surface area contributed by atoms with Gasteiger partial charge in [0, 0.05) is 69.5 Å². The van der Waals surface area contributed by atoms with Crippen LogP contribution in [0.25, 0.3) is 0 Å². The van der Waals surface area contributed by atoms with E-state index in [2.05, 4.69) is 35.1 Å². The highest BCUT2D eigenvalue weighted by molar-refractivity contribution is 5.96. The largest absolute Gasteiger partial charge is 0.442 e. The van der Waals surface area contributed by atoms with E-state index < -0.39 is 24.2 Å². The number of amides is 2. The van der Waals surface area contributed by atoms with Crippen molar-refractivity contribution in [3.63, 3.8) is 0 Å². The van der Waals surface area contributed by atoms with E-state index in [1.165, 1.54) is 0 Å². The van der Waals surface area contributed by atoms with Crippen molar-refractivity contribution in [2.45, 2.75) is 116 Å². The van der Waals surface area contributed by atoms with Crippen molar-refractivity contribution in [3.8, 4) is 6.07 Å². The molecule has 4 aliphatic heterocycles. The van der Waals surface area contributed by atoms with Gasteiger partial charge in [-0.1, -0.05) is 19.8 Å². The summed E-state index contributed by atoms with van der Waals surface area (Å²) < 4.78 is 34.0. The Labute approximate surface area is 273 Å². The van der Waals surface area contributed by atoms with Gasteiger partial charge in [0.1, 0.15) is 17.4 Å². The van der Waals surface area contributed by atoms with E-state index in [9.17, 15) is 23.6 Å². The summed E-state index contributed by atoms with van der Waals surface area (Å²) in [5, 5.41) is 12.6. The van der Waals surface area contributed by atoms with Crippen molar-refractivity contribution >= 4 is 12.0 Å². The molecule has 4 aliphatic rings. The number of piperidine rings is 3. The van der Waals surface area contributed by atoms with Crippen molar-refractivity contribution in [1.29, 1.82) is 5.26 Å². The molecule has 5 rings (SSSR count). The number of aromatic nitrogens is 1. The van der Waals surface area contributed by atoms with Gasteiger partial charge >= 0.3 is 6.09 Å². The van der Waals surface area contributed by atoms with Crippen LogP contribution in [0.5, 0.6) is 0 Å². The Balaban J connectivity index is 1.24. The first-order valence-electron chi connectivity index (χ1n) is 17.4. The molecule has 0 aromatic carbocycles. The van der Waals surface area contributed by atoms with Gasteiger partial charge in [0.15, 0.2) is 0 Å². The maximum absolute atomic E-state index is 13.8. The molecular weight excluding hydrogens is 590 g/mol. The smallest absolute Gasteiger partial charge is 0.410 e. The average Bonchev–Trinajstić information content (AvgIpc) is 3.04. The van der Waals surface area contributed by atoms with Crippen LogP contribution in [0.1, 0.15) is 105 Å². The highest BCUT2D eigenvalue weighted by atomic mass is 19.3. The number of aryl methyl sites for hydroxylation is 2. The molecule has 2 atom stereocenters. The zero-order valence-corrected chi connectivity index (χ0v) is 28.1. The van der Waals surface area contributed by atoms with Gasteiger partial charge in [-0.15, -0.1) is 0 Å². The van der Waals surface area contributed by atoms with Crippen molar-refractivity contribution < 1.29 is 23.1 Å². The zero-order valence-electron chi connectivity index (χ0n) is 28.1. The van der Waals surface area contributed by atoms with Gasteiger partial charge in [0.05, 0.1) is 11.3 Å². The molecular formula is C35H52F2N6O3. The second-order valence-electron chi connectivity index (χ2n) is 14.4. The van der Waals surface area contributed by atoms with Crippen molar-refractivity contribution in [2.75, 3.05) is 45.8 Å². The van der Waals surface area contributed by atoms with Crippen LogP contribution >= 0.6 is 0 Å². The molecule has 1 N–H and O–H groups in total. The predicted molar refractivity (Wildman–Crippen MR) is 172 cm³/mol. The Morgan fingerprint density at radius 2 is 1.83 bits per heavy atom. The summed E-state index contributed by atoms with van der Waals surface area (Å²) in [6, 6.07) is 3.25. The number of nitrogens with zero attached hydrogens (tertiary/aromatic N) is 5.